The monoisotopic (exact) mass is 174 g/mol. The predicted molar refractivity (Wildman–Crippen MR) is 57.5 cm³/mol. The topological polar surface area (TPSA) is 0 Å². The molecule has 70 valence electrons. The SMILES string of the molecule is CC(C)C1C=C2C=CCC=C2CC1. The standard InChI is InChI=1S/C13H18/c1-10(2)12-8-7-11-5-3-4-6-13(11)9-12/h4-6,9-10,12H,3,7-8H2,1-2H3. The van der Waals surface area contributed by atoms with Gasteiger partial charge in [-0.25, -0.2) is 0 Å². The number of hydrogen-bond acceptors (Lipinski definition) is 0. The van der Waals surface area contributed by atoms with E-state index in [9.17, 15) is 0 Å². The molecule has 0 aliphatic heterocycles. The van der Waals surface area contributed by atoms with Gasteiger partial charge in [0.05, 0.1) is 0 Å². The van der Waals surface area contributed by atoms with E-state index in [4.69, 9.17) is 0 Å². The molecule has 0 heterocycles. The Morgan fingerprint density at radius 1 is 1.38 bits per heavy atom. The minimum absolute atomic E-state index is 0.796. The number of allylic oxidation sites excluding steroid dienone is 6. The Hall–Kier alpha value is -0.780. The molecule has 2 aliphatic carbocycles. The van der Waals surface area contributed by atoms with Gasteiger partial charge in [-0.3, -0.25) is 0 Å². The second-order valence-electron chi connectivity index (χ2n) is 4.44. The van der Waals surface area contributed by atoms with E-state index >= 15 is 0 Å². The van der Waals surface area contributed by atoms with Gasteiger partial charge in [-0.1, -0.05) is 38.2 Å². The fourth-order valence-electron chi connectivity index (χ4n) is 2.20. The Morgan fingerprint density at radius 2 is 2.23 bits per heavy atom. The van der Waals surface area contributed by atoms with E-state index in [0.29, 0.717) is 0 Å². The van der Waals surface area contributed by atoms with Gasteiger partial charge in [0.2, 0.25) is 0 Å². The molecule has 0 nitrogen and oxygen atoms in total. The highest BCUT2D eigenvalue weighted by Gasteiger charge is 2.19. The predicted octanol–water partition coefficient (Wildman–Crippen LogP) is 3.87. The second kappa shape index (κ2) is 3.53. The highest BCUT2D eigenvalue weighted by atomic mass is 14.2. The quantitative estimate of drug-likeness (QED) is 0.566. The van der Waals surface area contributed by atoms with Crippen molar-refractivity contribution in [3.05, 3.63) is 35.5 Å². The molecule has 0 radical (unpaired) electrons. The zero-order valence-electron chi connectivity index (χ0n) is 8.59. The molecule has 1 unspecified atom stereocenters. The molecule has 0 saturated heterocycles. The molecule has 0 aromatic heterocycles. The number of rotatable bonds is 1. The van der Waals surface area contributed by atoms with Crippen molar-refractivity contribution in [2.24, 2.45) is 11.8 Å². The van der Waals surface area contributed by atoms with E-state index in [1.54, 1.807) is 5.57 Å². The van der Waals surface area contributed by atoms with Crippen LogP contribution in [0.2, 0.25) is 0 Å². The summed E-state index contributed by atoms with van der Waals surface area (Å²) in [7, 11) is 0. The van der Waals surface area contributed by atoms with Crippen molar-refractivity contribution in [2.75, 3.05) is 0 Å². The van der Waals surface area contributed by atoms with Crippen molar-refractivity contribution in [3.63, 3.8) is 0 Å². The van der Waals surface area contributed by atoms with Gasteiger partial charge >= 0.3 is 0 Å². The van der Waals surface area contributed by atoms with Crippen LogP contribution in [0.4, 0.5) is 0 Å². The second-order valence-corrected chi connectivity index (χ2v) is 4.44. The van der Waals surface area contributed by atoms with E-state index in [2.05, 4.69) is 38.2 Å². The van der Waals surface area contributed by atoms with Crippen molar-refractivity contribution >= 4 is 0 Å². The summed E-state index contributed by atoms with van der Waals surface area (Å²) in [6, 6.07) is 0. The molecule has 0 bridgehead atoms. The molecule has 1 atom stereocenters. The highest BCUT2D eigenvalue weighted by Crippen LogP contribution is 2.34. The van der Waals surface area contributed by atoms with Gasteiger partial charge in [0.15, 0.2) is 0 Å². The number of hydrogen-bond donors (Lipinski definition) is 0. The van der Waals surface area contributed by atoms with Gasteiger partial charge in [-0.15, -0.1) is 0 Å². The summed E-state index contributed by atoms with van der Waals surface area (Å²) >= 11 is 0. The number of fused-ring (bicyclic) bond motifs is 1. The first-order valence-corrected chi connectivity index (χ1v) is 5.35. The van der Waals surface area contributed by atoms with Gasteiger partial charge in [-0.05, 0) is 42.2 Å². The normalized spacial score (nSPS) is 26.8. The van der Waals surface area contributed by atoms with Crippen LogP contribution in [0.15, 0.2) is 35.5 Å². The van der Waals surface area contributed by atoms with Gasteiger partial charge in [-0.2, -0.15) is 0 Å². The van der Waals surface area contributed by atoms with Gasteiger partial charge in [0.25, 0.3) is 0 Å². The lowest BCUT2D eigenvalue weighted by Gasteiger charge is -2.26. The van der Waals surface area contributed by atoms with E-state index in [-0.39, 0.29) is 0 Å². The van der Waals surface area contributed by atoms with Crippen molar-refractivity contribution in [1.29, 1.82) is 0 Å². The zero-order chi connectivity index (χ0) is 9.26. The molecule has 0 N–H and O–H groups in total. The Kier molecular flexibility index (Phi) is 2.39. The zero-order valence-corrected chi connectivity index (χ0v) is 8.59. The molecule has 2 rings (SSSR count). The van der Waals surface area contributed by atoms with E-state index < -0.39 is 0 Å². The smallest absolute Gasteiger partial charge is 0.0160 e. The lowest BCUT2D eigenvalue weighted by Crippen LogP contribution is -2.12. The molecule has 0 aromatic rings. The van der Waals surface area contributed by atoms with Gasteiger partial charge in [0.1, 0.15) is 0 Å². The molecule has 2 aliphatic rings. The van der Waals surface area contributed by atoms with E-state index in [1.807, 2.05) is 0 Å². The third kappa shape index (κ3) is 1.77. The van der Waals surface area contributed by atoms with Crippen molar-refractivity contribution in [3.8, 4) is 0 Å². The lowest BCUT2D eigenvalue weighted by atomic mass is 9.79. The Balaban J connectivity index is 2.22. The maximum absolute atomic E-state index is 2.47. The average Bonchev–Trinajstić information content (AvgIpc) is 2.17. The third-order valence-electron chi connectivity index (χ3n) is 3.17. The molecule has 13 heavy (non-hydrogen) atoms. The van der Waals surface area contributed by atoms with Crippen LogP contribution in [0.5, 0.6) is 0 Å². The van der Waals surface area contributed by atoms with Crippen molar-refractivity contribution < 1.29 is 0 Å². The average molecular weight is 174 g/mol. The summed E-state index contributed by atoms with van der Waals surface area (Å²) in [4.78, 5) is 0. The van der Waals surface area contributed by atoms with Crippen LogP contribution in [0.25, 0.3) is 0 Å². The van der Waals surface area contributed by atoms with Gasteiger partial charge < -0.3 is 0 Å². The fourth-order valence-corrected chi connectivity index (χ4v) is 2.20. The minimum Gasteiger partial charge on any atom is -0.0801 e. The Labute approximate surface area is 81.0 Å². The van der Waals surface area contributed by atoms with Gasteiger partial charge in [0, 0.05) is 0 Å². The molecule has 0 heteroatoms. The van der Waals surface area contributed by atoms with Crippen LogP contribution in [-0.2, 0) is 0 Å². The van der Waals surface area contributed by atoms with Crippen LogP contribution in [-0.4, -0.2) is 0 Å². The summed E-state index contributed by atoms with van der Waals surface area (Å²) in [6.45, 7) is 4.64. The van der Waals surface area contributed by atoms with Crippen LogP contribution in [0.3, 0.4) is 0 Å². The summed E-state index contributed by atoms with van der Waals surface area (Å²) in [5.74, 6) is 1.60. The lowest BCUT2D eigenvalue weighted by molar-refractivity contribution is 0.426. The fraction of sp³-hybridized carbons (Fsp3) is 0.538. The third-order valence-corrected chi connectivity index (χ3v) is 3.17. The first-order chi connectivity index (χ1) is 6.27. The first kappa shape index (κ1) is 8.80. The molecule has 0 spiro atoms. The first-order valence-electron chi connectivity index (χ1n) is 5.35. The van der Waals surface area contributed by atoms with Crippen molar-refractivity contribution in [1.82, 2.24) is 0 Å². The molecular weight excluding hydrogens is 156 g/mol. The molecule has 0 aromatic carbocycles. The molecule has 0 fully saturated rings. The molecular formula is C13H18. The van der Waals surface area contributed by atoms with Crippen LogP contribution < -0.4 is 0 Å². The summed E-state index contributed by atoms with van der Waals surface area (Å²) < 4.78 is 0. The summed E-state index contributed by atoms with van der Waals surface area (Å²) in [6.07, 6.45) is 13.2. The summed E-state index contributed by atoms with van der Waals surface area (Å²) in [5.41, 5.74) is 3.08. The Bertz CT molecular complexity index is 276. The van der Waals surface area contributed by atoms with E-state index in [1.165, 1.54) is 18.4 Å². The Morgan fingerprint density at radius 3 is 3.00 bits per heavy atom. The van der Waals surface area contributed by atoms with Crippen LogP contribution >= 0.6 is 0 Å². The molecule has 0 amide bonds. The molecule has 0 saturated carbocycles. The van der Waals surface area contributed by atoms with Crippen LogP contribution in [0, 0.1) is 11.8 Å². The maximum atomic E-state index is 2.47. The van der Waals surface area contributed by atoms with Crippen LogP contribution in [0.1, 0.15) is 33.1 Å². The van der Waals surface area contributed by atoms with E-state index in [0.717, 1.165) is 18.3 Å². The largest absolute Gasteiger partial charge is 0.0801 e. The minimum atomic E-state index is 0.796. The maximum Gasteiger partial charge on any atom is -0.0160 e. The summed E-state index contributed by atoms with van der Waals surface area (Å²) in [5, 5.41) is 0. The highest BCUT2D eigenvalue weighted by molar-refractivity contribution is 5.45. The van der Waals surface area contributed by atoms with Crippen molar-refractivity contribution in [2.45, 2.75) is 33.1 Å².